The quantitative estimate of drug-likeness (QED) is 0.797. The average Bonchev–Trinajstić information content (AvgIpc) is 2.46. The molecule has 4 heteroatoms. The molecule has 0 aliphatic heterocycles. The number of benzene rings is 2. The Morgan fingerprint density at radius 3 is 2.45 bits per heavy atom. The zero-order valence-corrected chi connectivity index (χ0v) is 13.9. The van der Waals surface area contributed by atoms with Crippen LogP contribution in [0.3, 0.4) is 0 Å². The first-order valence-electron chi connectivity index (χ1n) is 6.42. The van der Waals surface area contributed by atoms with Gasteiger partial charge in [-0.25, -0.2) is 0 Å². The maximum Gasteiger partial charge on any atom is 0.118 e. The predicted octanol–water partition coefficient (Wildman–Crippen LogP) is 4.64. The summed E-state index contributed by atoms with van der Waals surface area (Å²) in [6, 6.07) is 16.2. The Hall–Kier alpha value is -0.970. The number of ether oxygens (including phenoxy) is 1. The van der Waals surface area contributed by atoms with Crippen molar-refractivity contribution in [2.24, 2.45) is 5.73 Å². The first-order valence-corrected chi connectivity index (χ1v) is 8.09. The molecular weight excluding hydrogens is 334 g/mol. The molecule has 2 unspecified atom stereocenters. The molecule has 0 saturated heterocycles. The molecule has 2 aromatic carbocycles. The van der Waals surface area contributed by atoms with Crippen LogP contribution in [-0.2, 0) is 0 Å². The van der Waals surface area contributed by atoms with Gasteiger partial charge in [0.15, 0.2) is 0 Å². The Morgan fingerprint density at radius 1 is 1.15 bits per heavy atom. The summed E-state index contributed by atoms with van der Waals surface area (Å²) >= 11 is 5.28. The zero-order chi connectivity index (χ0) is 14.5. The number of thioether (sulfide) groups is 1. The highest BCUT2D eigenvalue weighted by molar-refractivity contribution is 9.10. The second kappa shape index (κ2) is 7.16. The van der Waals surface area contributed by atoms with Crippen LogP contribution in [0.25, 0.3) is 0 Å². The van der Waals surface area contributed by atoms with Crippen LogP contribution in [0, 0.1) is 0 Å². The Kier molecular flexibility index (Phi) is 5.52. The number of rotatable bonds is 5. The lowest BCUT2D eigenvalue weighted by Crippen LogP contribution is -2.20. The van der Waals surface area contributed by atoms with Gasteiger partial charge in [-0.1, -0.05) is 41.1 Å². The predicted molar refractivity (Wildman–Crippen MR) is 89.4 cm³/mol. The third kappa shape index (κ3) is 4.01. The molecule has 0 aliphatic carbocycles. The van der Waals surface area contributed by atoms with E-state index in [0.717, 1.165) is 15.8 Å². The van der Waals surface area contributed by atoms with Crippen LogP contribution in [0.4, 0.5) is 0 Å². The van der Waals surface area contributed by atoms with E-state index >= 15 is 0 Å². The van der Waals surface area contributed by atoms with Crippen LogP contribution in [0.1, 0.15) is 18.5 Å². The number of halogens is 1. The van der Waals surface area contributed by atoms with Crippen molar-refractivity contribution in [1.29, 1.82) is 0 Å². The summed E-state index contributed by atoms with van der Waals surface area (Å²) in [5.74, 6) is 0.855. The monoisotopic (exact) mass is 351 g/mol. The molecule has 2 atom stereocenters. The Bertz CT molecular complexity index is 559. The molecule has 2 N–H and O–H groups in total. The summed E-state index contributed by atoms with van der Waals surface area (Å²) in [5, 5.41) is 0.290. The third-order valence-electron chi connectivity index (χ3n) is 3.12. The van der Waals surface area contributed by atoms with E-state index in [-0.39, 0.29) is 11.3 Å². The van der Waals surface area contributed by atoms with E-state index < -0.39 is 0 Å². The molecule has 0 aromatic heterocycles. The fraction of sp³-hybridized carbons (Fsp3) is 0.250. The first-order chi connectivity index (χ1) is 9.60. The normalized spacial score (nSPS) is 13.8. The SMILES string of the molecule is COc1ccc(C(N)C(C)Sc2cccc(Br)c2)cc1. The van der Waals surface area contributed by atoms with Gasteiger partial charge in [-0.15, -0.1) is 11.8 Å². The minimum absolute atomic E-state index is 0.00936. The first kappa shape index (κ1) is 15.4. The molecule has 20 heavy (non-hydrogen) atoms. The van der Waals surface area contributed by atoms with Crippen LogP contribution >= 0.6 is 27.7 Å². The standard InChI is InChI=1S/C16H18BrNOS/c1-11(20-15-5-3-4-13(17)10-15)16(18)12-6-8-14(19-2)9-7-12/h3-11,16H,18H2,1-2H3. The summed E-state index contributed by atoms with van der Waals surface area (Å²) in [5.41, 5.74) is 7.47. The molecule has 0 spiro atoms. The molecule has 2 aromatic rings. The van der Waals surface area contributed by atoms with Crippen LogP contribution < -0.4 is 10.5 Å². The van der Waals surface area contributed by atoms with E-state index in [1.54, 1.807) is 18.9 Å². The lowest BCUT2D eigenvalue weighted by molar-refractivity contribution is 0.414. The van der Waals surface area contributed by atoms with Gasteiger partial charge in [0.05, 0.1) is 7.11 Å². The number of methoxy groups -OCH3 is 1. The summed E-state index contributed by atoms with van der Waals surface area (Å²) in [7, 11) is 1.67. The van der Waals surface area contributed by atoms with Gasteiger partial charge in [0.25, 0.3) is 0 Å². The van der Waals surface area contributed by atoms with E-state index in [0.29, 0.717) is 0 Å². The molecule has 0 radical (unpaired) electrons. The molecule has 0 saturated carbocycles. The zero-order valence-electron chi connectivity index (χ0n) is 11.5. The Morgan fingerprint density at radius 2 is 1.85 bits per heavy atom. The summed E-state index contributed by atoms with van der Waals surface area (Å²) in [4.78, 5) is 1.22. The Labute approximate surface area is 132 Å². The van der Waals surface area contributed by atoms with Crippen molar-refractivity contribution in [3.8, 4) is 5.75 Å². The van der Waals surface area contributed by atoms with Crippen molar-refractivity contribution in [2.75, 3.05) is 7.11 Å². The summed E-state index contributed by atoms with van der Waals surface area (Å²) in [6.45, 7) is 2.15. The van der Waals surface area contributed by atoms with Crippen LogP contribution in [-0.4, -0.2) is 12.4 Å². The largest absolute Gasteiger partial charge is 0.497 e. The molecule has 0 fully saturated rings. The van der Waals surface area contributed by atoms with E-state index in [4.69, 9.17) is 10.5 Å². The van der Waals surface area contributed by atoms with Crippen LogP contribution in [0.5, 0.6) is 5.75 Å². The van der Waals surface area contributed by atoms with Gasteiger partial charge in [-0.3, -0.25) is 0 Å². The fourth-order valence-electron chi connectivity index (χ4n) is 1.93. The molecule has 106 valence electrons. The molecular formula is C16H18BrNOS. The lowest BCUT2D eigenvalue weighted by atomic mass is 10.1. The fourth-order valence-corrected chi connectivity index (χ4v) is 3.56. The maximum absolute atomic E-state index is 6.34. The van der Waals surface area contributed by atoms with Crippen molar-refractivity contribution in [2.45, 2.75) is 23.1 Å². The van der Waals surface area contributed by atoms with E-state index in [2.05, 4.69) is 35.0 Å². The molecule has 2 nitrogen and oxygen atoms in total. The van der Waals surface area contributed by atoms with Gasteiger partial charge in [-0.2, -0.15) is 0 Å². The second-order valence-electron chi connectivity index (χ2n) is 4.58. The van der Waals surface area contributed by atoms with Gasteiger partial charge >= 0.3 is 0 Å². The second-order valence-corrected chi connectivity index (χ2v) is 6.95. The van der Waals surface area contributed by atoms with Gasteiger partial charge in [0.2, 0.25) is 0 Å². The summed E-state index contributed by atoms with van der Waals surface area (Å²) in [6.07, 6.45) is 0. The van der Waals surface area contributed by atoms with Crippen LogP contribution in [0.2, 0.25) is 0 Å². The van der Waals surface area contributed by atoms with Crippen molar-refractivity contribution < 1.29 is 4.74 Å². The highest BCUT2D eigenvalue weighted by Gasteiger charge is 2.16. The van der Waals surface area contributed by atoms with Crippen molar-refractivity contribution >= 4 is 27.7 Å². The average molecular weight is 352 g/mol. The van der Waals surface area contributed by atoms with E-state index in [9.17, 15) is 0 Å². The Balaban J connectivity index is 2.05. The van der Waals surface area contributed by atoms with Crippen molar-refractivity contribution in [3.05, 3.63) is 58.6 Å². The molecule has 2 rings (SSSR count). The van der Waals surface area contributed by atoms with E-state index in [1.807, 2.05) is 36.4 Å². The topological polar surface area (TPSA) is 35.2 Å². The summed E-state index contributed by atoms with van der Waals surface area (Å²) < 4.78 is 6.26. The molecule has 0 amide bonds. The van der Waals surface area contributed by atoms with Crippen molar-refractivity contribution in [1.82, 2.24) is 0 Å². The lowest BCUT2D eigenvalue weighted by Gasteiger charge is -2.20. The third-order valence-corrected chi connectivity index (χ3v) is 4.81. The minimum Gasteiger partial charge on any atom is -0.497 e. The highest BCUT2D eigenvalue weighted by atomic mass is 79.9. The van der Waals surface area contributed by atoms with Crippen LogP contribution in [0.15, 0.2) is 57.9 Å². The molecule has 0 aliphatic rings. The molecule has 0 heterocycles. The van der Waals surface area contributed by atoms with Gasteiger partial charge in [-0.05, 0) is 35.9 Å². The van der Waals surface area contributed by atoms with E-state index in [1.165, 1.54) is 4.90 Å². The van der Waals surface area contributed by atoms with Gasteiger partial charge in [0, 0.05) is 20.7 Å². The number of hydrogen-bond donors (Lipinski definition) is 1. The highest BCUT2D eigenvalue weighted by Crippen LogP contribution is 2.32. The van der Waals surface area contributed by atoms with Crippen molar-refractivity contribution in [3.63, 3.8) is 0 Å². The number of nitrogens with two attached hydrogens (primary N) is 1. The minimum atomic E-state index is -0.00936. The van der Waals surface area contributed by atoms with Gasteiger partial charge < -0.3 is 10.5 Å². The van der Waals surface area contributed by atoms with Gasteiger partial charge in [0.1, 0.15) is 5.75 Å². The number of hydrogen-bond acceptors (Lipinski definition) is 3. The smallest absolute Gasteiger partial charge is 0.118 e. The maximum atomic E-state index is 6.34. The molecule has 0 bridgehead atoms.